The molecule has 0 aliphatic heterocycles. The summed E-state index contributed by atoms with van der Waals surface area (Å²) in [5, 5.41) is 0. The maximum Gasteiger partial charge on any atom is 0.302 e. The number of hydrogen-bond acceptors (Lipinski definition) is 0. The van der Waals surface area contributed by atoms with Gasteiger partial charge in [-0.1, -0.05) is 13.0 Å². The van der Waals surface area contributed by atoms with Crippen molar-refractivity contribution in [1.29, 1.82) is 0 Å². The largest absolute Gasteiger partial charge is 0.302 e. The molecule has 0 spiro atoms. The lowest BCUT2D eigenvalue weighted by atomic mass is 10.2. The fraction of sp³-hybridized carbons (Fsp3) is 0.333. The summed E-state index contributed by atoms with van der Waals surface area (Å²) in [6.45, 7) is 4.46. The van der Waals surface area contributed by atoms with Gasteiger partial charge in [0.2, 0.25) is 0 Å². The van der Waals surface area contributed by atoms with E-state index in [1.807, 2.05) is 0 Å². The van der Waals surface area contributed by atoms with Crippen LogP contribution in [0.1, 0.15) is 6.92 Å². The molecule has 0 nitrogen and oxygen atoms in total. The summed E-state index contributed by atoms with van der Waals surface area (Å²) in [4.78, 5) is 0. The Morgan fingerprint density at radius 1 is 1.44 bits per heavy atom. The molecule has 0 aromatic carbocycles. The first kappa shape index (κ1) is 8.27. The van der Waals surface area contributed by atoms with Gasteiger partial charge in [-0.2, -0.15) is 8.78 Å². The predicted molar refractivity (Wildman–Crippen MR) is 29.7 cm³/mol. The summed E-state index contributed by atoms with van der Waals surface area (Å²) in [5.74, 6) is -2.28. The molecule has 1 atom stereocenters. The molecule has 0 saturated carbocycles. The van der Waals surface area contributed by atoms with Crippen molar-refractivity contribution in [2.45, 2.75) is 6.92 Å². The number of hydrogen-bond donors (Lipinski definition) is 0. The molecular weight excluding hydrogens is 129 g/mol. The highest BCUT2D eigenvalue weighted by Crippen LogP contribution is 2.18. The number of halogens is 3. The lowest BCUT2D eigenvalue weighted by Crippen LogP contribution is -1.89. The van der Waals surface area contributed by atoms with Crippen LogP contribution in [-0.2, 0) is 0 Å². The third kappa shape index (κ3) is 2.35. The fourth-order valence-corrected chi connectivity index (χ4v) is 0.276. The predicted octanol–water partition coefficient (Wildman–Crippen LogP) is 2.89. The van der Waals surface area contributed by atoms with E-state index in [4.69, 9.17) is 0 Å². The molecule has 0 rings (SSSR count). The lowest BCUT2D eigenvalue weighted by molar-refractivity contribution is 0.360. The third-order valence-electron chi connectivity index (χ3n) is 0.934. The second-order valence-electron chi connectivity index (χ2n) is 1.63. The molecule has 0 fully saturated rings. The minimum atomic E-state index is -2.26. The van der Waals surface area contributed by atoms with Crippen LogP contribution in [0.2, 0.25) is 0 Å². The van der Waals surface area contributed by atoms with Crippen LogP contribution in [0.3, 0.4) is 0 Å². The van der Waals surface area contributed by atoms with E-state index >= 15 is 0 Å². The van der Waals surface area contributed by atoms with E-state index in [-0.39, 0.29) is 0 Å². The molecule has 0 bridgehead atoms. The molecule has 0 aromatic rings. The van der Waals surface area contributed by atoms with Gasteiger partial charge in [-0.05, 0) is 0 Å². The van der Waals surface area contributed by atoms with Crippen LogP contribution < -0.4 is 0 Å². The Labute approximate surface area is 51.7 Å². The summed E-state index contributed by atoms with van der Waals surface area (Å²) < 4.78 is 34.6. The van der Waals surface area contributed by atoms with Crippen LogP contribution in [0, 0.1) is 5.92 Å². The SMILES string of the molecule is C=CC(C)C(F)=C(F)F. The monoisotopic (exact) mass is 136 g/mol. The quantitative estimate of drug-likeness (QED) is 0.512. The molecule has 0 saturated heterocycles. The highest BCUT2D eigenvalue weighted by Gasteiger charge is 2.09. The van der Waals surface area contributed by atoms with Crippen LogP contribution in [0.15, 0.2) is 24.6 Å². The van der Waals surface area contributed by atoms with Gasteiger partial charge >= 0.3 is 6.08 Å². The molecule has 9 heavy (non-hydrogen) atoms. The molecule has 0 aliphatic rings. The smallest absolute Gasteiger partial charge is 0.205 e. The van der Waals surface area contributed by atoms with Gasteiger partial charge in [-0.25, -0.2) is 4.39 Å². The Morgan fingerprint density at radius 2 is 1.89 bits per heavy atom. The van der Waals surface area contributed by atoms with E-state index in [0.29, 0.717) is 0 Å². The summed E-state index contributed by atoms with van der Waals surface area (Å²) in [7, 11) is 0. The molecule has 1 unspecified atom stereocenters. The summed E-state index contributed by atoms with van der Waals surface area (Å²) in [6, 6.07) is 0. The zero-order valence-electron chi connectivity index (χ0n) is 5.00. The Bertz CT molecular complexity index is 133. The first-order chi connectivity index (χ1) is 4.09. The van der Waals surface area contributed by atoms with Crippen molar-refractivity contribution >= 4 is 0 Å². The second-order valence-corrected chi connectivity index (χ2v) is 1.63. The van der Waals surface area contributed by atoms with Gasteiger partial charge in [0, 0.05) is 5.92 Å². The van der Waals surface area contributed by atoms with Crippen molar-refractivity contribution in [2.24, 2.45) is 5.92 Å². The van der Waals surface area contributed by atoms with Crippen molar-refractivity contribution in [3.63, 3.8) is 0 Å². The summed E-state index contributed by atoms with van der Waals surface area (Å²) >= 11 is 0. The zero-order valence-corrected chi connectivity index (χ0v) is 5.00. The Morgan fingerprint density at radius 3 is 2.00 bits per heavy atom. The van der Waals surface area contributed by atoms with Crippen molar-refractivity contribution in [3.8, 4) is 0 Å². The Kier molecular flexibility index (Phi) is 3.06. The maximum absolute atomic E-state index is 12.0. The van der Waals surface area contributed by atoms with Crippen LogP contribution in [0.5, 0.6) is 0 Å². The summed E-state index contributed by atoms with van der Waals surface area (Å²) in [5.41, 5.74) is 0. The van der Waals surface area contributed by atoms with E-state index in [2.05, 4.69) is 6.58 Å². The molecule has 3 heteroatoms. The van der Waals surface area contributed by atoms with E-state index in [0.717, 1.165) is 6.08 Å². The molecule has 0 N–H and O–H groups in total. The Balaban J connectivity index is 4.19. The van der Waals surface area contributed by atoms with Crippen molar-refractivity contribution in [2.75, 3.05) is 0 Å². The lowest BCUT2D eigenvalue weighted by Gasteiger charge is -1.97. The molecule has 0 heterocycles. The number of allylic oxidation sites excluding steroid dienone is 2. The second kappa shape index (κ2) is 3.33. The van der Waals surface area contributed by atoms with Gasteiger partial charge < -0.3 is 0 Å². The first-order valence-electron chi connectivity index (χ1n) is 2.42. The average Bonchev–Trinajstić information content (AvgIpc) is 1.84. The van der Waals surface area contributed by atoms with Gasteiger partial charge in [-0.3, -0.25) is 0 Å². The highest BCUT2D eigenvalue weighted by atomic mass is 19.3. The molecular formula is C6H7F3. The van der Waals surface area contributed by atoms with Gasteiger partial charge in [0.15, 0.2) is 5.83 Å². The molecule has 0 radical (unpaired) electrons. The van der Waals surface area contributed by atoms with Crippen LogP contribution >= 0.6 is 0 Å². The molecule has 52 valence electrons. The molecule has 0 aliphatic carbocycles. The summed E-state index contributed by atoms with van der Waals surface area (Å²) in [6.07, 6.45) is -1.14. The molecule has 0 amide bonds. The Hall–Kier alpha value is -0.730. The topological polar surface area (TPSA) is 0 Å². The normalized spacial score (nSPS) is 12.4. The van der Waals surface area contributed by atoms with Crippen molar-refractivity contribution in [3.05, 3.63) is 24.6 Å². The number of rotatable bonds is 2. The highest BCUT2D eigenvalue weighted by molar-refractivity contribution is 5.02. The standard InChI is InChI=1S/C6H7F3/c1-3-4(2)5(7)6(8)9/h3-4H,1H2,2H3. The fourth-order valence-electron chi connectivity index (χ4n) is 0.276. The van der Waals surface area contributed by atoms with E-state index in [1.54, 1.807) is 0 Å². The minimum Gasteiger partial charge on any atom is -0.205 e. The van der Waals surface area contributed by atoms with Crippen molar-refractivity contribution in [1.82, 2.24) is 0 Å². The molecule has 0 aromatic heterocycles. The maximum atomic E-state index is 12.0. The minimum absolute atomic E-state index is 0.880. The van der Waals surface area contributed by atoms with Crippen LogP contribution in [0.25, 0.3) is 0 Å². The van der Waals surface area contributed by atoms with Gasteiger partial charge in [-0.15, -0.1) is 6.58 Å². The van der Waals surface area contributed by atoms with E-state index < -0.39 is 17.8 Å². The van der Waals surface area contributed by atoms with Crippen molar-refractivity contribution < 1.29 is 13.2 Å². The third-order valence-corrected chi connectivity index (χ3v) is 0.934. The van der Waals surface area contributed by atoms with Crippen LogP contribution in [0.4, 0.5) is 13.2 Å². The van der Waals surface area contributed by atoms with Gasteiger partial charge in [0.05, 0.1) is 0 Å². The zero-order chi connectivity index (χ0) is 7.44. The average molecular weight is 136 g/mol. The van der Waals surface area contributed by atoms with Gasteiger partial charge in [0.25, 0.3) is 0 Å². The van der Waals surface area contributed by atoms with Gasteiger partial charge in [0.1, 0.15) is 0 Å². The van der Waals surface area contributed by atoms with E-state index in [9.17, 15) is 13.2 Å². The van der Waals surface area contributed by atoms with Crippen LogP contribution in [-0.4, -0.2) is 0 Å². The first-order valence-corrected chi connectivity index (χ1v) is 2.42. The van der Waals surface area contributed by atoms with E-state index in [1.165, 1.54) is 6.92 Å².